The first-order valence-electron chi connectivity index (χ1n) is 12.5. The van der Waals surface area contributed by atoms with Crippen LogP contribution in [0.3, 0.4) is 0 Å². The van der Waals surface area contributed by atoms with Crippen molar-refractivity contribution in [2.24, 2.45) is 0 Å². The standard InChI is InChI=1S/C27H35N7O2/c1-3-14-34-26(35)24-25(33(27(34)36)15-12-19-6-5-7-22(29)17-19)31-23(32(24)16-13-30-4-2)18-20-8-10-21(28)11-9-20/h5-11,17,30H,3-4,12-16,18,28-29H2,1-2H3. The molecule has 0 aliphatic carbocycles. The number of nitrogens with two attached hydrogens (primary N) is 2. The van der Waals surface area contributed by atoms with E-state index in [1.165, 1.54) is 4.57 Å². The van der Waals surface area contributed by atoms with Crippen LogP contribution in [0, 0.1) is 0 Å². The van der Waals surface area contributed by atoms with Gasteiger partial charge < -0.3 is 21.4 Å². The Morgan fingerprint density at radius 3 is 2.33 bits per heavy atom. The van der Waals surface area contributed by atoms with E-state index >= 15 is 0 Å². The molecule has 4 rings (SSSR count). The Labute approximate surface area is 210 Å². The molecule has 4 aromatic rings. The van der Waals surface area contributed by atoms with Crippen molar-refractivity contribution in [3.63, 3.8) is 0 Å². The zero-order valence-electron chi connectivity index (χ0n) is 21.0. The molecule has 0 bridgehead atoms. The summed E-state index contributed by atoms with van der Waals surface area (Å²) in [6.07, 6.45) is 1.80. The van der Waals surface area contributed by atoms with E-state index in [4.69, 9.17) is 16.5 Å². The molecule has 0 aliphatic rings. The molecule has 190 valence electrons. The van der Waals surface area contributed by atoms with Crippen molar-refractivity contribution < 1.29 is 0 Å². The second-order valence-electron chi connectivity index (χ2n) is 9.01. The quantitative estimate of drug-likeness (QED) is 0.219. The van der Waals surface area contributed by atoms with Gasteiger partial charge in [-0.05, 0) is 54.8 Å². The van der Waals surface area contributed by atoms with E-state index in [0.29, 0.717) is 68.0 Å². The van der Waals surface area contributed by atoms with E-state index in [-0.39, 0.29) is 11.2 Å². The smallest absolute Gasteiger partial charge is 0.332 e. The third-order valence-corrected chi connectivity index (χ3v) is 6.32. The maximum atomic E-state index is 13.6. The van der Waals surface area contributed by atoms with Crippen molar-refractivity contribution in [1.82, 2.24) is 24.0 Å². The average Bonchev–Trinajstić information content (AvgIpc) is 3.21. The van der Waals surface area contributed by atoms with Gasteiger partial charge in [0.1, 0.15) is 5.82 Å². The lowest BCUT2D eigenvalue weighted by Crippen LogP contribution is -2.41. The second-order valence-corrected chi connectivity index (χ2v) is 9.01. The van der Waals surface area contributed by atoms with Crippen LogP contribution < -0.4 is 28.0 Å². The van der Waals surface area contributed by atoms with Gasteiger partial charge in [0, 0.05) is 44.0 Å². The molecule has 2 heterocycles. The molecule has 0 unspecified atom stereocenters. The van der Waals surface area contributed by atoms with Gasteiger partial charge in [-0.2, -0.15) is 0 Å². The highest BCUT2D eigenvalue weighted by atomic mass is 16.2. The van der Waals surface area contributed by atoms with Crippen molar-refractivity contribution in [3.05, 3.63) is 86.3 Å². The SMILES string of the molecule is CCCn1c(=O)c2c(nc(Cc3ccc(N)cc3)n2CCNCC)n(CCc2cccc(N)c2)c1=O. The molecular formula is C27H35N7O2. The topological polar surface area (TPSA) is 126 Å². The number of imidazole rings is 1. The van der Waals surface area contributed by atoms with E-state index in [2.05, 4.69) is 5.32 Å². The predicted octanol–water partition coefficient (Wildman–Crippen LogP) is 2.38. The van der Waals surface area contributed by atoms with Crippen LogP contribution in [-0.4, -0.2) is 31.8 Å². The molecule has 0 saturated carbocycles. The van der Waals surface area contributed by atoms with Gasteiger partial charge in [0.2, 0.25) is 0 Å². The fourth-order valence-electron chi connectivity index (χ4n) is 4.51. The van der Waals surface area contributed by atoms with Crippen molar-refractivity contribution >= 4 is 22.5 Å². The summed E-state index contributed by atoms with van der Waals surface area (Å²) in [7, 11) is 0. The van der Waals surface area contributed by atoms with E-state index in [0.717, 1.165) is 23.5 Å². The molecule has 0 aliphatic heterocycles. The highest BCUT2D eigenvalue weighted by Crippen LogP contribution is 2.17. The Hall–Kier alpha value is -3.85. The molecule has 0 amide bonds. The van der Waals surface area contributed by atoms with E-state index in [1.54, 1.807) is 4.57 Å². The lowest BCUT2D eigenvalue weighted by atomic mass is 10.1. The monoisotopic (exact) mass is 489 g/mol. The van der Waals surface area contributed by atoms with Gasteiger partial charge in [-0.1, -0.05) is 38.1 Å². The third kappa shape index (κ3) is 5.36. The summed E-state index contributed by atoms with van der Waals surface area (Å²) in [6, 6.07) is 15.3. The van der Waals surface area contributed by atoms with Crippen molar-refractivity contribution in [2.75, 3.05) is 24.6 Å². The van der Waals surface area contributed by atoms with Gasteiger partial charge in [-0.3, -0.25) is 13.9 Å². The summed E-state index contributed by atoms with van der Waals surface area (Å²) in [6.45, 7) is 6.85. The molecule has 0 atom stereocenters. The van der Waals surface area contributed by atoms with Crippen molar-refractivity contribution in [3.8, 4) is 0 Å². The van der Waals surface area contributed by atoms with Gasteiger partial charge in [0.25, 0.3) is 5.56 Å². The Morgan fingerprint density at radius 2 is 1.64 bits per heavy atom. The van der Waals surface area contributed by atoms with Crippen LogP contribution in [0.4, 0.5) is 11.4 Å². The summed E-state index contributed by atoms with van der Waals surface area (Å²) in [5.74, 6) is 0.746. The maximum absolute atomic E-state index is 13.6. The van der Waals surface area contributed by atoms with Crippen LogP contribution in [0.25, 0.3) is 11.2 Å². The molecule has 0 fully saturated rings. The van der Waals surface area contributed by atoms with Gasteiger partial charge in [-0.25, -0.2) is 9.78 Å². The third-order valence-electron chi connectivity index (χ3n) is 6.32. The number of fused-ring (bicyclic) bond motifs is 1. The highest BCUT2D eigenvalue weighted by molar-refractivity contribution is 5.71. The van der Waals surface area contributed by atoms with E-state index < -0.39 is 0 Å². The maximum Gasteiger partial charge on any atom is 0.332 e. The molecule has 9 heteroatoms. The zero-order chi connectivity index (χ0) is 25.7. The number of likely N-dealkylation sites (N-methyl/N-ethyl adjacent to an activating group) is 1. The molecule has 5 N–H and O–H groups in total. The number of aryl methyl sites for hydroxylation is 2. The van der Waals surface area contributed by atoms with Gasteiger partial charge >= 0.3 is 5.69 Å². The van der Waals surface area contributed by atoms with Gasteiger partial charge in [-0.15, -0.1) is 0 Å². The number of benzene rings is 2. The Kier molecular flexibility index (Phi) is 7.90. The zero-order valence-corrected chi connectivity index (χ0v) is 21.0. The first-order valence-corrected chi connectivity index (χ1v) is 12.5. The number of aromatic nitrogens is 4. The lowest BCUT2D eigenvalue weighted by molar-refractivity contribution is 0.555. The predicted molar refractivity (Wildman–Crippen MR) is 145 cm³/mol. The number of nitrogens with zero attached hydrogens (tertiary/aromatic N) is 4. The van der Waals surface area contributed by atoms with Crippen LogP contribution in [0.1, 0.15) is 37.2 Å². The fraction of sp³-hybridized carbons (Fsp3) is 0.370. The molecule has 0 spiro atoms. The minimum Gasteiger partial charge on any atom is -0.399 e. The summed E-state index contributed by atoms with van der Waals surface area (Å²) >= 11 is 0. The van der Waals surface area contributed by atoms with Crippen LogP contribution in [0.2, 0.25) is 0 Å². The van der Waals surface area contributed by atoms with Crippen molar-refractivity contribution in [1.29, 1.82) is 0 Å². The van der Waals surface area contributed by atoms with E-state index in [1.807, 2.05) is 66.9 Å². The number of nitrogen functional groups attached to an aromatic ring is 2. The molecule has 9 nitrogen and oxygen atoms in total. The number of nitrogens with one attached hydrogen (secondary N) is 1. The largest absolute Gasteiger partial charge is 0.399 e. The summed E-state index contributed by atoms with van der Waals surface area (Å²) in [5.41, 5.74) is 15.5. The molecular weight excluding hydrogens is 454 g/mol. The summed E-state index contributed by atoms with van der Waals surface area (Å²) in [5, 5.41) is 3.33. The lowest BCUT2D eigenvalue weighted by Gasteiger charge is -2.13. The molecule has 0 saturated heterocycles. The Balaban J connectivity index is 1.86. The number of rotatable bonds is 11. The molecule has 2 aromatic carbocycles. The van der Waals surface area contributed by atoms with E-state index in [9.17, 15) is 9.59 Å². The van der Waals surface area contributed by atoms with Gasteiger partial charge in [0.15, 0.2) is 11.2 Å². The highest BCUT2D eigenvalue weighted by Gasteiger charge is 2.21. The normalized spacial score (nSPS) is 11.4. The van der Waals surface area contributed by atoms with Crippen LogP contribution in [0.5, 0.6) is 0 Å². The molecule has 2 aromatic heterocycles. The molecule has 0 radical (unpaired) electrons. The Morgan fingerprint density at radius 1 is 0.861 bits per heavy atom. The molecule has 36 heavy (non-hydrogen) atoms. The minimum absolute atomic E-state index is 0.287. The minimum atomic E-state index is -0.325. The Bertz CT molecular complexity index is 1450. The van der Waals surface area contributed by atoms with Gasteiger partial charge in [0.05, 0.1) is 0 Å². The first kappa shape index (κ1) is 25.2. The first-order chi connectivity index (χ1) is 17.4. The average molecular weight is 490 g/mol. The summed E-state index contributed by atoms with van der Waals surface area (Å²) < 4.78 is 4.96. The van der Waals surface area contributed by atoms with Crippen LogP contribution in [-0.2, 0) is 32.5 Å². The number of anilines is 2. The number of hydrogen-bond donors (Lipinski definition) is 3. The second kappa shape index (κ2) is 11.3. The summed E-state index contributed by atoms with van der Waals surface area (Å²) in [4.78, 5) is 32.0. The fourth-order valence-corrected chi connectivity index (χ4v) is 4.51. The van der Waals surface area contributed by atoms with Crippen LogP contribution in [0.15, 0.2) is 58.1 Å². The number of hydrogen-bond acceptors (Lipinski definition) is 6. The van der Waals surface area contributed by atoms with Crippen LogP contribution >= 0.6 is 0 Å². The van der Waals surface area contributed by atoms with Crippen molar-refractivity contribution in [2.45, 2.75) is 52.7 Å².